The van der Waals surface area contributed by atoms with Gasteiger partial charge < -0.3 is 4.90 Å². The van der Waals surface area contributed by atoms with Gasteiger partial charge in [-0.3, -0.25) is 4.79 Å². The molecule has 0 aliphatic carbocycles. The third-order valence-corrected chi connectivity index (χ3v) is 3.42. The molecule has 1 rings (SSSR count). The molecule has 0 spiro atoms. The van der Waals surface area contributed by atoms with Crippen molar-refractivity contribution in [2.45, 2.75) is 13.3 Å². The van der Waals surface area contributed by atoms with Gasteiger partial charge in [-0.15, -0.1) is 0 Å². The SMILES string of the molecule is Cc1cc(C(=O)N(C)C)ccc1CCS(N)(=O)=O. The Bertz CT molecular complexity index is 550. The number of hydrogen-bond donors (Lipinski definition) is 1. The average Bonchev–Trinajstić information content (AvgIpc) is 2.25. The van der Waals surface area contributed by atoms with Gasteiger partial charge in [0.1, 0.15) is 0 Å². The number of nitrogens with zero attached hydrogens (tertiary/aromatic N) is 1. The molecule has 1 aromatic rings. The second kappa shape index (κ2) is 5.49. The van der Waals surface area contributed by atoms with Gasteiger partial charge in [0, 0.05) is 19.7 Å². The van der Waals surface area contributed by atoms with E-state index in [0.717, 1.165) is 11.1 Å². The van der Waals surface area contributed by atoms with Crippen LogP contribution in [0.4, 0.5) is 0 Å². The standard InChI is InChI=1S/C12H18N2O3S/c1-9-8-11(12(15)14(2)3)5-4-10(9)6-7-18(13,16)17/h4-5,8H,6-7H2,1-3H3,(H2,13,16,17). The van der Waals surface area contributed by atoms with Crippen molar-refractivity contribution < 1.29 is 13.2 Å². The molecule has 1 aromatic carbocycles. The van der Waals surface area contributed by atoms with E-state index in [1.807, 2.05) is 6.92 Å². The van der Waals surface area contributed by atoms with Crippen molar-refractivity contribution in [1.29, 1.82) is 0 Å². The van der Waals surface area contributed by atoms with Crippen LogP contribution in [-0.2, 0) is 16.4 Å². The van der Waals surface area contributed by atoms with E-state index < -0.39 is 10.0 Å². The molecule has 0 aliphatic rings. The number of primary sulfonamides is 1. The molecule has 100 valence electrons. The lowest BCUT2D eigenvalue weighted by Gasteiger charge is -2.12. The number of rotatable bonds is 4. The molecule has 0 aliphatic heterocycles. The van der Waals surface area contributed by atoms with Crippen LogP contribution in [-0.4, -0.2) is 39.1 Å². The Morgan fingerprint density at radius 1 is 1.33 bits per heavy atom. The van der Waals surface area contributed by atoms with E-state index in [2.05, 4.69) is 0 Å². The first-order valence-corrected chi connectivity index (χ1v) is 7.24. The molecule has 0 radical (unpaired) electrons. The van der Waals surface area contributed by atoms with Gasteiger partial charge >= 0.3 is 0 Å². The van der Waals surface area contributed by atoms with Crippen molar-refractivity contribution in [3.63, 3.8) is 0 Å². The van der Waals surface area contributed by atoms with Crippen LogP contribution in [0.2, 0.25) is 0 Å². The van der Waals surface area contributed by atoms with Gasteiger partial charge in [-0.2, -0.15) is 0 Å². The number of carbonyl (C=O) groups excluding carboxylic acids is 1. The Labute approximate surface area is 108 Å². The fourth-order valence-electron chi connectivity index (χ4n) is 1.62. The number of sulfonamides is 1. The zero-order chi connectivity index (χ0) is 13.9. The largest absolute Gasteiger partial charge is 0.345 e. The van der Waals surface area contributed by atoms with E-state index in [1.54, 1.807) is 32.3 Å². The topological polar surface area (TPSA) is 80.5 Å². The quantitative estimate of drug-likeness (QED) is 0.866. The summed E-state index contributed by atoms with van der Waals surface area (Å²) in [4.78, 5) is 13.2. The fraction of sp³-hybridized carbons (Fsp3) is 0.417. The summed E-state index contributed by atoms with van der Waals surface area (Å²) >= 11 is 0. The molecule has 2 N–H and O–H groups in total. The molecule has 0 bridgehead atoms. The van der Waals surface area contributed by atoms with Gasteiger partial charge in [-0.1, -0.05) is 6.07 Å². The third kappa shape index (κ3) is 4.12. The van der Waals surface area contributed by atoms with Crippen molar-refractivity contribution in [3.8, 4) is 0 Å². The maximum absolute atomic E-state index is 11.7. The first-order valence-electron chi connectivity index (χ1n) is 5.52. The monoisotopic (exact) mass is 270 g/mol. The highest BCUT2D eigenvalue weighted by molar-refractivity contribution is 7.89. The van der Waals surface area contributed by atoms with Crippen LogP contribution in [0.15, 0.2) is 18.2 Å². The molecule has 0 fully saturated rings. The predicted molar refractivity (Wildman–Crippen MR) is 70.9 cm³/mol. The van der Waals surface area contributed by atoms with Crippen molar-refractivity contribution in [2.24, 2.45) is 5.14 Å². The molecule has 0 saturated heterocycles. The normalized spacial score (nSPS) is 11.3. The number of hydrogen-bond acceptors (Lipinski definition) is 3. The van der Waals surface area contributed by atoms with Gasteiger partial charge in [0.05, 0.1) is 5.75 Å². The van der Waals surface area contributed by atoms with E-state index in [-0.39, 0.29) is 11.7 Å². The molecule has 18 heavy (non-hydrogen) atoms. The molecule has 6 heteroatoms. The van der Waals surface area contributed by atoms with Crippen LogP contribution in [0, 0.1) is 6.92 Å². The Morgan fingerprint density at radius 2 is 1.94 bits per heavy atom. The van der Waals surface area contributed by atoms with Crippen LogP contribution in [0.25, 0.3) is 0 Å². The van der Waals surface area contributed by atoms with Crippen LogP contribution in [0.3, 0.4) is 0 Å². The third-order valence-electron chi connectivity index (χ3n) is 2.65. The molecular formula is C12H18N2O3S. The highest BCUT2D eigenvalue weighted by Crippen LogP contribution is 2.13. The lowest BCUT2D eigenvalue weighted by Crippen LogP contribution is -2.22. The molecule has 1 amide bonds. The minimum atomic E-state index is -3.45. The van der Waals surface area contributed by atoms with Crippen molar-refractivity contribution in [1.82, 2.24) is 4.90 Å². The first-order chi connectivity index (χ1) is 8.20. The minimum absolute atomic E-state index is 0.0731. The molecule has 0 atom stereocenters. The number of benzene rings is 1. The van der Waals surface area contributed by atoms with Crippen molar-refractivity contribution in [2.75, 3.05) is 19.8 Å². The maximum atomic E-state index is 11.7. The summed E-state index contributed by atoms with van der Waals surface area (Å²) in [6.07, 6.45) is 0.362. The fourth-order valence-corrected chi connectivity index (χ4v) is 2.12. The molecule has 0 saturated carbocycles. The van der Waals surface area contributed by atoms with Crippen LogP contribution >= 0.6 is 0 Å². The Kier molecular flexibility index (Phi) is 4.48. The highest BCUT2D eigenvalue weighted by atomic mass is 32.2. The van der Waals surface area contributed by atoms with Gasteiger partial charge in [-0.25, -0.2) is 13.6 Å². The highest BCUT2D eigenvalue weighted by Gasteiger charge is 2.10. The molecule has 0 unspecified atom stereocenters. The van der Waals surface area contributed by atoms with Crippen LogP contribution in [0.1, 0.15) is 21.5 Å². The summed E-state index contributed by atoms with van der Waals surface area (Å²) < 4.78 is 21.8. The smallest absolute Gasteiger partial charge is 0.253 e. The van der Waals surface area contributed by atoms with Crippen LogP contribution in [0.5, 0.6) is 0 Å². The van der Waals surface area contributed by atoms with Crippen LogP contribution < -0.4 is 5.14 Å². The zero-order valence-corrected chi connectivity index (χ0v) is 11.6. The molecular weight excluding hydrogens is 252 g/mol. The summed E-state index contributed by atoms with van der Waals surface area (Å²) in [6.45, 7) is 1.85. The van der Waals surface area contributed by atoms with Crippen molar-refractivity contribution in [3.05, 3.63) is 34.9 Å². The first kappa shape index (κ1) is 14.7. The Balaban J connectivity index is 2.90. The Hall–Kier alpha value is -1.40. The summed E-state index contributed by atoms with van der Waals surface area (Å²) in [5.74, 6) is -0.162. The molecule has 0 heterocycles. The predicted octanol–water partition coefficient (Wildman–Crippen LogP) is 0.528. The van der Waals surface area contributed by atoms with E-state index in [1.165, 1.54) is 4.90 Å². The molecule has 0 aromatic heterocycles. The summed E-state index contributed by atoms with van der Waals surface area (Å²) in [6, 6.07) is 5.24. The Morgan fingerprint density at radius 3 is 2.39 bits per heavy atom. The van der Waals surface area contributed by atoms with Gasteiger partial charge in [0.25, 0.3) is 5.91 Å². The molecule has 5 nitrogen and oxygen atoms in total. The van der Waals surface area contributed by atoms with Gasteiger partial charge in [0.2, 0.25) is 10.0 Å². The maximum Gasteiger partial charge on any atom is 0.253 e. The second-order valence-electron chi connectivity index (χ2n) is 4.46. The number of aryl methyl sites for hydroxylation is 2. The number of nitrogens with two attached hydrogens (primary N) is 1. The minimum Gasteiger partial charge on any atom is -0.345 e. The second-order valence-corrected chi connectivity index (χ2v) is 6.19. The lowest BCUT2D eigenvalue weighted by atomic mass is 10.0. The lowest BCUT2D eigenvalue weighted by molar-refractivity contribution is 0.0827. The number of amides is 1. The van der Waals surface area contributed by atoms with Gasteiger partial charge in [-0.05, 0) is 36.6 Å². The van der Waals surface area contributed by atoms with E-state index in [9.17, 15) is 13.2 Å². The summed E-state index contributed by atoms with van der Waals surface area (Å²) in [5.41, 5.74) is 2.38. The summed E-state index contributed by atoms with van der Waals surface area (Å²) in [7, 11) is -0.0800. The van der Waals surface area contributed by atoms with E-state index >= 15 is 0 Å². The summed E-state index contributed by atoms with van der Waals surface area (Å²) in [5, 5.41) is 4.96. The van der Waals surface area contributed by atoms with E-state index in [4.69, 9.17) is 5.14 Å². The number of carbonyl (C=O) groups is 1. The van der Waals surface area contributed by atoms with Crippen molar-refractivity contribution >= 4 is 15.9 Å². The van der Waals surface area contributed by atoms with Gasteiger partial charge in [0.15, 0.2) is 0 Å². The van der Waals surface area contributed by atoms with E-state index in [0.29, 0.717) is 12.0 Å². The zero-order valence-electron chi connectivity index (χ0n) is 10.8. The average molecular weight is 270 g/mol.